The van der Waals surface area contributed by atoms with Gasteiger partial charge in [0, 0.05) is 50.4 Å². The number of likely N-dealkylation sites (tertiary alicyclic amines) is 1. The van der Waals surface area contributed by atoms with Crippen LogP contribution in [0.2, 0.25) is 0 Å². The molecule has 5 heteroatoms. The highest BCUT2D eigenvalue weighted by atomic mass is 16.5. The van der Waals surface area contributed by atoms with E-state index in [1.165, 1.54) is 5.56 Å². The fraction of sp³-hybridized carbons (Fsp3) is 0.478. The van der Waals surface area contributed by atoms with Gasteiger partial charge in [0.25, 0.3) is 0 Å². The van der Waals surface area contributed by atoms with Crippen LogP contribution in [0.15, 0.2) is 48.8 Å². The number of ether oxygens (including phenoxy) is 1. The molecule has 0 bridgehead atoms. The lowest BCUT2D eigenvalue weighted by molar-refractivity contribution is 0.109. The van der Waals surface area contributed by atoms with Gasteiger partial charge < -0.3 is 15.0 Å². The monoisotopic (exact) mass is 381 g/mol. The van der Waals surface area contributed by atoms with Crippen LogP contribution >= 0.6 is 0 Å². The molecule has 0 aliphatic carbocycles. The average molecular weight is 382 g/mol. The molecule has 2 heterocycles. The maximum Gasteiger partial charge on any atom is 0.317 e. The number of carbonyl (C=O) groups excluding carboxylic acids is 1. The summed E-state index contributed by atoms with van der Waals surface area (Å²) >= 11 is 0. The summed E-state index contributed by atoms with van der Waals surface area (Å²) < 4.78 is 6.10. The Balaban J connectivity index is 1.43. The molecule has 2 aromatic rings. The van der Waals surface area contributed by atoms with Crippen molar-refractivity contribution in [2.75, 3.05) is 19.6 Å². The van der Waals surface area contributed by atoms with Gasteiger partial charge in [-0.15, -0.1) is 0 Å². The number of hydrogen-bond acceptors (Lipinski definition) is 3. The number of benzene rings is 1. The summed E-state index contributed by atoms with van der Waals surface area (Å²) in [6, 6.07) is 12.4. The first-order chi connectivity index (χ1) is 13.4. The maximum atomic E-state index is 12.6. The van der Waals surface area contributed by atoms with E-state index in [-0.39, 0.29) is 17.6 Å². The molecule has 1 aromatic heterocycles. The zero-order chi connectivity index (χ0) is 20.0. The van der Waals surface area contributed by atoms with Gasteiger partial charge >= 0.3 is 6.03 Å². The Morgan fingerprint density at radius 1 is 1.21 bits per heavy atom. The molecule has 0 spiro atoms. The zero-order valence-corrected chi connectivity index (χ0v) is 17.1. The fourth-order valence-electron chi connectivity index (χ4n) is 3.59. The third-order valence-corrected chi connectivity index (χ3v) is 5.24. The van der Waals surface area contributed by atoms with Crippen molar-refractivity contribution < 1.29 is 9.53 Å². The summed E-state index contributed by atoms with van der Waals surface area (Å²) in [6.45, 7) is 8.49. The van der Waals surface area contributed by atoms with E-state index in [2.05, 4.69) is 48.4 Å². The van der Waals surface area contributed by atoms with Crippen molar-refractivity contribution in [2.45, 2.75) is 46.1 Å². The van der Waals surface area contributed by atoms with Gasteiger partial charge in [0.1, 0.15) is 11.9 Å². The number of aryl methyl sites for hydroxylation is 1. The second-order valence-corrected chi connectivity index (χ2v) is 8.43. The minimum atomic E-state index is 0.0112. The Hall–Kier alpha value is -2.56. The van der Waals surface area contributed by atoms with Crippen LogP contribution in [0.3, 0.4) is 0 Å². The Morgan fingerprint density at radius 3 is 2.61 bits per heavy atom. The first-order valence-corrected chi connectivity index (χ1v) is 10.1. The molecule has 1 aliphatic heterocycles. The van der Waals surface area contributed by atoms with E-state index >= 15 is 0 Å². The van der Waals surface area contributed by atoms with E-state index in [9.17, 15) is 4.79 Å². The topological polar surface area (TPSA) is 54.5 Å². The lowest BCUT2D eigenvalue weighted by Crippen LogP contribution is -2.48. The number of aromatic nitrogens is 1. The minimum absolute atomic E-state index is 0.0112. The number of nitrogens with zero attached hydrogens (tertiary/aromatic N) is 2. The molecule has 150 valence electrons. The molecule has 28 heavy (non-hydrogen) atoms. The maximum absolute atomic E-state index is 12.6. The van der Waals surface area contributed by atoms with Crippen LogP contribution in [-0.4, -0.2) is 41.7 Å². The predicted octanol–water partition coefficient (Wildman–Crippen LogP) is 4.21. The average Bonchev–Trinajstić information content (AvgIpc) is 2.69. The SMILES string of the molecule is Cc1cnccc1OC1CCN(C(=O)NCC(C)(C)Cc2ccccc2)CC1. The van der Waals surface area contributed by atoms with Crippen LogP contribution in [-0.2, 0) is 6.42 Å². The van der Waals surface area contributed by atoms with E-state index < -0.39 is 0 Å². The van der Waals surface area contributed by atoms with Gasteiger partial charge in [-0.2, -0.15) is 0 Å². The number of nitrogens with one attached hydrogen (secondary N) is 1. The molecule has 1 aromatic carbocycles. The lowest BCUT2D eigenvalue weighted by Gasteiger charge is -2.33. The van der Waals surface area contributed by atoms with E-state index in [0.717, 1.165) is 43.7 Å². The van der Waals surface area contributed by atoms with Crippen molar-refractivity contribution in [3.05, 3.63) is 59.9 Å². The molecule has 1 aliphatic rings. The molecule has 5 nitrogen and oxygen atoms in total. The molecule has 0 unspecified atom stereocenters. The first-order valence-electron chi connectivity index (χ1n) is 10.1. The fourth-order valence-corrected chi connectivity index (χ4v) is 3.59. The number of rotatable bonds is 6. The molecule has 2 amide bonds. The summed E-state index contributed by atoms with van der Waals surface area (Å²) in [5, 5.41) is 3.12. The molecule has 0 radical (unpaired) electrons. The highest BCUT2D eigenvalue weighted by Crippen LogP contribution is 2.23. The molecule has 1 N–H and O–H groups in total. The summed E-state index contributed by atoms with van der Waals surface area (Å²) in [5.74, 6) is 0.889. The van der Waals surface area contributed by atoms with Gasteiger partial charge in [0.05, 0.1) is 0 Å². The lowest BCUT2D eigenvalue weighted by atomic mass is 9.86. The van der Waals surface area contributed by atoms with Gasteiger partial charge in [-0.3, -0.25) is 4.98 Å². The summed E-state index contributed by atoms with van der Waals surface area (Å²) in [7, 11) is 0. The van der Waals surface area contributed by atoms with Crippen molar-refractivity contribution in [1.29, 1.82) is 0 Å². The Kier molecular flexibility index (Phi) is 6.55. The van der Waals surface area contributed by atoms with Crippen molar-refractivity contribution >= 4 is 6.03 Å². The van der Waals surface area contributed by atoms with E-state index in [1.807, 2.05) is 30.2 Å². The van der Waals surface area contributed by atoms with Gasteiger partial charge in [-0.25, -0.2) is 4.79 Å². The van der Waals surface area contributed by atoms with Crippen molar-refractivity contribution in [2.24, 2.45) is 5.41 Å². The Morgan fingerprint density at radius 2 is 1.93 bits per heavy atom. The van der Waals surface area contributed by atoms with Gasteiger partial charge in [-0.1, -0.05) is 44.2 Å². The number of urea groups is 1. The van der Waals surface area contributed by atoms with Gasteiger partial charge in [-0.05, 0) is 30.4 Å². The van der Waals surface area contributed by atoms with Crippen LogP contribution in [0.5, 0.6) is 5.75 Å². The molecular formula is C23H31N3O2. The molecule has 0 atom stereocenters. The largest absolute Gasteiger partial charge is 0.490 e. The number of carbonyl (C=O) groups is 1. The summed E-state index contributed by atoms with van der Waals surface area (Å²) in [6.07, 6.45) is 6.36. The molecule has 3 rings (SSSR count). The van der Waals surface area contributed by atoms with E-state index in [1.54, 1.807) is 6.20 Å². The van der Waals surface area contributed by atoms with Crippen LogP contribution in [0.4, 0.5) is 4.79 Å². The Bertz CT molecular complexity index is 768. The predicted molar refractivity (Wildman–Crippen MR) is 112 cm³/mol. The summed E-state index contributed by atoms with van der Waals surface area (Å²) in [5.41, 5.74) is 2.35. The second-order valence-electron chi connectivity index (χ2n) is 8.43. The van der Waals surface area contributed by atoms with Crippen molar-refractivity contribution in [3.8, 4) is 5.75 Å². The highest BCUT2D eigenvalue weighted by Gasteiger charge is 2.26. The van der Waals surface area contributed by atoms with Crippen LogP contribution in [0.1, 0.15) is 37.8 Å². The third kappa shape index (κ3) is 5.72. The Labute approximate surface area is 168 Å². The van der Waals surface area contributed by atoms with Crippen molar-refractivity contribution in [1.82, 2.24) is 15.2 Å². The third-order valence-electron chi connectivity index (χ3n) is 5.24. The zero-order valence-electron chi connectivity index (χ0n) is 17.1. The smallest absolute Gasteiger partial charge is 0.317 e. The van der Waals surface area contributed by atoms with E-state index in [4.69, 9.17) is 4.74 Å². The molecule has 0 saturated carbocycles. The number of pyridine rings is 1. The number of hydrogen-bond donors (Lipinski definition) is 1. The standard InChI is InChI=1S/C23H31N3O2/c1-18-16-24-12-9-21(18)28-20-10-13-26(14-11-20)22(27)25-17-23(2,3)15-19-7-5-4-6-8-19/h4-9,12,16,20H,10-11,13-15,17H2,1-3H3,(H,25,27). The normalized spacial score (nSPS) is 15.3. The van der Waals surface area contributed by atoms with Crippen LogP contribution < -0.4 is 10.1 Å². The van der Waals surface area contributed by atoms with Crippen LogP contribution in [0, 0.1) is 12.3 Å². The molecular weight excluding hydrogens is 350 g/mol. The number of amides is 2. The molecule has 1 fully saturated rings. The van der Waals surface area contributed by atoms with Gasteiger partial charge in [0.15, 0.2) is 0 Å². The first kappa shape index (κ1) is 20.2. The summed E-state index contributed by atoms with van der Waals surface area (Å²) in [4.78, 5) is 18.6. The van der Waals surface area contributed by atoms with E-state index in [0.29, 0.717) is 6.54 Å². The number of piperidine rings is 1. The minimum Gasteiger partial charge on any atom is -0.490 e. The van der Waals surface area contributed by atoms with Crippen LogP contribution in [0.25, 0.3) is 0 Å². The quantitative estimate of drug-likeness (QED) is 0.815. The van der Waals surface area contributed by atoms with Gasteiger partial charge in [0.2, 0.25) is 0 Å². The highest BCUT2D eigenvalue weighted by molar-refractivity contribution is 5.74. The second kappa shape index (κ2) is 9.09. The van der Waals surface area contributed by atoms with Crippen molar-refractivity contribution in [3.63, 3.8) is 0 Å². The molecule has 1 saturated heterocycles.